The van der Waals surface area contributed by atoms with Crippen molar-refractivity contribution < 1.29 is 14.3 Å². The van der Waals surface area contributed by atoms with Crippen LogP contribution in [0, 0.1) is 0 Å². The molecule has 7 nitrogen and oxygen atoms in total. The van der Waals surface area contributed by atoms with Crippen molar-refractivity contribution in [3.05, 3.63) is 90.3 Å². The lowest BCUT2D eigenvalue weighted by Crippen LogP contribution is -2.26. The molecule has 2 aromatic heterocycles. The summed E-state index contributed by atoms with van der Waals surface area (Å²) in [5, 5.41) is 1.94. The van der Waals surface area contributed by atoms with Gasteiger partial charge >= 0.3 is 0 Å². The minimum absolute atomic E-state index is 0.0419. The van der Waals surface area contributed by atoms with Crippen LogP contribution in [0.2, 0.25) is 0 Å². The van der Waals surface area contributed by atoms with Gasteiger partial charge in [0.1, 0.15) is 6.29 Å². The number of fused-ring (bicyclic) bond motifs is 2. The Balaban J connectivity index is 0.000000160. The van der Waals surface area contributed by atoms with Crippen molar-refractivity contribution in [1.29, 1.82) is 0 Å². The Labute approximate surface area is 205 Å². The van der Waals surface area contributed by atoms with E-state index in [9.17, 15) is 14.4 Å². The third-order valence-corrected chi connectivity index (χ3v) is 6.62. The van der Waals surface area contributed by atoms with Crippen molar-refractivity contribution in [3.8, 4) is 0 Å². The molecular weight excluding hydrogens is 556 g/mol. The number of hydrogen-bond donors (Lipinski definition) is 0. The van der Waals surface area contributed by atoms with Gasteiger partial charge in [0.2, 0.25) is 0 Å². The van der Waals surface area contributed by atoms with Crippen LogP contribution in [0.25, 0.3) is 21.8 Å². The highest BCUT2D eigenvalue weighted by Crippen LogP contribution is 2.23. The second-order valence-electron chi connectivity index (χ2n) is 7.25. The highest BCUT2D eigenvalue weighted by molar-refractivity contribution is 9.11. The third-order valence-electron chi connectivity index (χ3n) is 5.24. The van der Waals surface area contributed by atoms with Crippen LogP contribution in [0.5, 0.6) is 0 Å². The molecule has 0 spiro atoms. The first-order chi connectivity index (χ1) is 16.0. The Morgan fingerprint density at radius 2 is 1.30 bits per heavy atom. The fourth-order valence-corrected chi connectivity index (χ4v) is 4.67. The zero-order chi connectivity index (χ0) is 23.4. The van der Waals surface area contributed by atoms with Gasteiger partial charge in [-0.15, -0.1) is 0 Å². The number of hydrogen-bond acceptors (Lipinski definition) is 5. The molecule has 0 radical (unpaired) electrons. The second kappa shape index (κ2) is 10.6. The summed E-state index contributed by atoms with van der Waals surface area (Å²) in [6.45, 7) is 1.70. The highest BCUT2D eigenvalue weighted by atomic mass is 79.9. The molecule has 0 bridgehead atoms. The van der Waals surface area contributed by atoms with Gasteiger partial charge in [-0.25, -0.2) is 0 Å². The summed E-state index contributed by atoms with van der Waals surface area (Å²) >= 11 is 6.89. The molecule has 0 N–H and O–H groups in total. The lowest BCUT2D eigenvalue weighted by molar-refractivity contribution is -0.108. The van der Waals surface area contributed by atoms with Gasteiger partial charge in [0.25, 0.3) is 11.1 Å². The predicted octanol–water partition coefficient (Wildman–Crippen LogP) is 4.10. The molecule has 2 aromatic carbocycles. The van der Waals surface area contributed by atoms with Crippen LogP contribution in [0.3, 0.4) is 0 Å². The Kier molecular flexibility index (Phi) is 7.54. The molecule has 170 valence electrons. The Hall–Kier alpha value is -2.59. The third kappa shape index (κ3) is 5.16. The standard InChI is InChI=1S/C13H12BrNO3.C11H8BrNO2/c14-10-2-1-3-11-9(10)4-5-12(16)15(11)8-13-17-6-7-18-13;12-9-2-1-3-10-8(9)4-5-11(15)13(10)6-7-14/h1-5,13H,6-8H2;1-5,7H,6H2. The van der Waals surface area contributed by atoms with Crippen molar-refractivity contribution in [2.45, 2.75) is 19.4 Å². The molecule has 1 aliphatic rings. The molecule has 0 aliphatic carbocycles. The average Bonchev–Trinajstić information content (AvgIpc) is 3.32. The summed E-state index contributed by atoms with van der Waals surface area (Å²) in [7, 11) is 0. The Bertz CT molecular complexity index is 1420. The first-order valence-corrected chi connectivity index (χ1v) is 11.8. The van der Waals surface area contributed by atoms with E-state index >= 15 is 0 Å². The summed E-state index contributed by atoms with van der Waals surface area (Å²) in [5.41, 5.74) is 1.45. The first kappa shape index (κ1) is 23.6. The quantitative estimate of drug-likeness (QED) is 0.342. The van der Waals surface area contributed by atoms with E-state index in [2.05, 4.69) is 31.9 Å². The van der Waals surface area contributed by atoms with E-state index < -0.39 is 0 Å². The monoisotopic (exact) mass is 574 g/mol. The number of nitrogens with zero attached hydrogens (tertiary/aromatic N) is 2. The van der Waals surface area contributed by atoms with Crippen LogP contribution in [-0.4, -0.2) is 34.9 Å². The largest absolute Gasteiger partial charge is 0.348 e. The normalized spacial score (nSPS) is 13.8. The maximum Gasteiger partial charge on any atom is 0.251 e. The van der Waals surface area contributed by atoms with E-state index in [-0.39, 0.29) is 24.0 Å². The van der Waals surface area contributed by atoms with E-state index in [1.807, 2.05) is 42.5 Å². The summed E-state index contributed by atoms with van der Waals surface area (Å²) in [6, 6.07) is 18.0. The minimum atomic E-state index is -0.327. The maximum atomic E-state index is 12.0. The van der Waals surface area contributed by atoms with Gasteiger partial charge in [-0.2, -0.15) is 0 Å². The molecule has 4 aromatic rings. The summed E-state index contributed by atoms with van der Waals surface area (Å²) in [5.74, 6) is 0. The van der Waals surface area contributed by atoms with Crippen LogP contribution in [0.1, 0.15) is 0 Å². The lowest BCUT2D eigenvalue weighted by atomic mass is 10.2. The van der Waals surface area contributed by atoms with E-state index in [1.165, 1.54) is 10.6 Å². The molecule has 5 rings (SSSR count). The van der Waals surface area contributed by atoms with Crippen molar-refractivity contribution in [2.24, 2.45) is 0 Å². The van der Waals surface area contributed by atoms with Crippen LogP contribution < -0.4 is 11.1 Å². The molecule has 1 aliphatic heterocycles. The van der Waals surface area contributed by atoms with Crippen LogP contribution in [0.4, 0.5) is 0 Å². The van der Waals surface area contributed by atoms with Gasteiger partial charge < -0.3 is 23.4 Å². The Morgan fingerprint density at radius 3 is 1.85 bits per heavy atom. The molecule has 3 heterocycles. The van der Waals surface area contributed by atoms with Gasteiger partial charge in [0, 0.05) is 31.9 Å². The van der Waals surface area contributed by atoms with Gasteiger partial charge in [0.05, 0.1) is 37.3 Å². The van der Waals surface area contributed by atoms with Crippen molar-refractivity contribution in [1.82, 2.24) is 9.13 Å². The first-order valence-electron chi connectivity index (χ1n) is 10.2. The van der Waals surface area contributed by atoms with Crippen molar-refractivity contribution >= 4 is 60.0 Å². The van der Waals surface area contributed by atoms with Gasteiger partial charge in [-0.3, -0.25) is 9.59 Å². The number of pyridine rings is 2. The number of halogens is 2. The fraction of sp³-hybridized carbons (Fsp3) is 0.208. The van der Waals surface area contributed by atoms with Crippen LogP contribution >= 0.6 is 31.9 Å². The minimum Gasteiger partial charge on any atom is -0.348 e. The number of ether oxygens (including phenoxy) is 2. The number of aldehydes is 1. The van der Waals surface area contributed by atoms with Crippen molar-refractivity contribution in [3.63, 3.8) is 0 Å². The highest BCUT2D eigenvalue weighted by Gasteiger charge is 2.18. The molecule has 1 saturated heterocycles. The predicted molar refractivity (Wildman–Crippen MR) is 134 cm³/mol. The SMILES string of the molecule is O=CCn1c(=O)ccc2c(Br)cccc21.O=c1ccc2c(Br)cccc2n1CC1OCCO1. The van der Waals surface area contributed by atoms with Crippen LogP contribution in [-0.2, 0) is 27.4 Å². The van der Waals surface area contributed by atoms with E-state index in [0.717, 1.165) is 37.0 Å². The smallest absolute Gasteiger partial charge is 0.251 e. The molecule has 0 amide bonds. The number of carbonyl (C=O) groups is 1. The molecule has 33 heavy (non-hydrogen) atoms. The van der Waals surface area contributed by atoms with Crippen LogP contribution in [0.15, 0.2) is 79.2 Å². The van der Waals surface area contributed by atoms with Gasteiger partial charge in [0.15, 0.2) is 6.29 Å². The lowest BCUT2D eigenvalue weighted by Gasteiger charge is -2.14. The molecule has 0 unspecified atom stereocenters. The molecular formula is C24H20Br2N2O5. The summed E-state index contributed by atoms with van der Waals surface area (Å²) < 4.78 is 15.8. The number of carbonyl (C=O) groups excluding carboxylic acids is 1. The molecule has 0 atom stereocenters. The van der Waals surface area contributed by atoms with E-state index in [1.54, 1.807) is 16.7 Å². The zero-order valence-corrected chi connectivity index (χ0v) is 20.6. The molecule has 9 heteroatoms. The fourth-order valence-electron chi connectivity index (χ4n) is 3.69. The van der Waals surface area contributed by atoms with Gasteiger partial charge in [-0.1, -0.05) is 44.0 Å². The maximum absolute atomic E-state index is 12.0. The molecule has 0 saturated carbocycles. The number of benzene rings is 2. The van der Waals surface area contributed by atoms with Crippen molar-refractivity contribution in [2.75, 3.05) is 13.2 Å². The summed E-state index contributed by atoms with van der Waals surface area (Å²) in [4.78, 5) is 34.0. The van der Waals surface area contributed by atoms with E-state index in [4.69, 9.17) is 9.47 Å². The topological polar surface area (TPSA) is 79.5 Å². The van der Waals surface area contributed by atoms with E-state index in [0.29, 0.717) is 19.8 Å². The number of aromatic nitrogens is 2. The van der Waals surface area contributed by atoms with Gasteiger partial charge in [-0.05, 0) is 36.4 Å². The summed E-state index contributed by atoms with van der Waals surface area (Å²) in [6.07, 6.45) is 0.397. The number of rotatable bonds is 4. The average molecular weight is 576 g/mol. The second-order valence-corrected chi connectivity index (χ2v) is 8.96. The zero-order valence-electron chi connectivity index (χ0n) is 17.4. The Morgan fingerprint density at radius 1 is 0.788 bits per heavy atom. The molecule has 1 fully saturated rings.